The molecule has 0 aliphatic heterocycles. The van der Waals surface area contributed by atoms with Crippen molar-refractivity contribution in [2.45, 2.75) is 45.4 Å². The van der Waals surface area contributed by atoms with Crippen molar-refractivity contribution in [2.75, 3.05) is 0 Å². The number of hydrogen-bond acceptors (Lipinski definition) is 2. The molecule has 1 aliphatic rings. The lowest BCUT2D eigenvalue weighted by Crippen LogP contribution is -2.05. The van der Waals surface area contributed by atoms with Gasteiger partial charge in [0.25, 0.3) is 0 Å². The maximum atomic E-state index is 4.37. The Morgan fingerprint density at radius 1 is 1.00 bits per heavy atom. The van der Waals surface area contributed by atoms with Crippen LogP contribution in [0, 0.1) is 6.92 Å². The molecule has 0 radical (unpaired) electrons. The van der Waals surface area contributed by atoms with E-state index in [0.717, 1.165) is 6.42 Å². The van der Waals surface area contributed by atoms with Gasteiger partial charge in [-0.2, -0.15) is 0 Å². The highest BCUT2D eigenvalue weighted by molar-refractivity contribution is 5.24. The van der Waals surface area contributed by atoms with Crippen LogP contribution in [-0.2, 0) is 12.8 Å². The summed E-state index contributed by atoms with van der Waals surface area (Å²) in [4.78, 5) is 8.62. The van der Waals surface area contributed by atoms with Gasteiger partial charge in [0, 0.05) is 11.4 Å². The molecule has 70 valence electrons. The number of rotatable bonds is 0. The molecule has 1 aromatic heterocycles. The van der Waals surface area contributed by atoms with Crippen LogP contribution in [0.4, 0.5) is 0 Å². The van der Waals surface area contributed by atoms with Crippen LogP contribution in [0.3, 0.4) is 0 Å². The second-order valence-corrected chi connectivity index (χ2v) is 3.80. The van der Waals surface area contributed by atoms with E-state index in [-0.39, 0.29) is 0 Å². The second-order valence-electron chi connectivity index (χ2n) is 3.80. The van der Waals surface area contributed by atoms with E-state index in [1.807, 2.05) is 0 Å². The predicted molar refractivity (Wildman–Crippen MR) is 52.6 cm³/mol. The average molecular weight is 176 g/mol. The average Bonchev–Trinajstić information content (AvgIpc) is 2.07. The monoisotopic (exact) mass is 176 g/mol. The van der Waals surface area contributed by atoms with Gasteiger partial charge >= 0.3 is 0 Å². The predicted octanol–water partition coefficient (Wildman–Crippen LogP) is 2.44. The molecule has 1 heterocycles. The summed E-state index contributed by atoms with van der Waals surface area (Å²) in [7, 11) is 0. The first kappa shape index (κ1) is 8.67. The fraction of sp³-hybridized carbons (Fsp3) is 0.636. The Balaban J connectivity index is 2.33. The van der Waals surface area contributed by atoms with Crippen molar-refractivity contribution < 1.29 is 0 Å². The van der Waals surface area contributed by atoms with E-state index in [1.54, 1.807) is 6.33 Å². The second kappa shape index (κ2) is 3.86. The van der Waals surface area contributed by atoms with Gasteiger partial charge in [-0.15, -0.1) is 0 Å². The molecular formula is C11H16N2. The molecule has 0 amide bonds. The number of fused-ring (bicyclic) bond motifs is 1. The third kappa shape index (κ3) is 1.87. The zero-order chi connectivity index (χ0) is 9.10. The minimum atomic E-state index is 1.15. The maximum absolute atomic E-state index is 4.37. The van der Waals surface area contributed by atoms with Crippen molar-refractivity contribution in [2.24, 2.45) is 0 Å². The van der Waals surface area contributed by atoms with Gasteiger partial charge in [-0.1, -0.05) is 12.8 Å². The zero-order valence-electron chi connectivity index (χ0n) is 8.21. The van der Waals surface area contributed by atoms with Crippen LogP contribution in [0.2, 0.25) is 0 Å². The number of hydrogen-bond donors (Lipinski definition) is 0. The van der Waals surface area contributed by atoms with Crippen molar-refractivity contribution in [1.82, 2.24) is 9.97 Å². The minimum Gasteiger partial charge on any atom is -0.241 e. The quantitative estimate of drug-likeness (QED) is 0.606. The third-order valence-electron chi connectivity index (χ3n) is 2.84. The molecule has 0 bridgehead atoms. The Labute approximate surface area is 79.4 Å². The Bertz CT molecular complexity index is 294. The van der Waals surface area contributed by atoms with Gasteiger partial charge in [-0.3, -0.25) is 0 Å². The summed E-state index contributed by atoms with van der Waals surface area (Å²) in [6, 6.07) is 0. The summed E-state index contributed by atoms with van der Waals surface area (Å²) >= 11 is 0. The SMILES string of the molecule is Cc1ncnc2c1CCCCCC2. The molecule has 0 saturated carbocycles. The van der Waals surface area contributed by atoms with E-state index in [2.05, 4.69) is 16.9 Å². The molecule has 2 heteroatoms. The van der Waals surface area contributed by atoms with Crippen molar-refractivity contribution in [3.05, 3.63) is 23.3 Å². The topological polar surface area (TPSA) is 25.8 Å². The Morgan fingerprint density at radius 2 is 1.77 bits per heavy atom. The summed E-state index contributed by atoms with van der Waals surface area (Å²) in [5.41, 5.74) is 3.90. The van der Waals surface area contributed by atoms with E-state index in [9.17, 15) is 0 Å². The van der Waals surface area contributed by atoms with E-state index in [1.165, 1.54) is 49.1 Å². The molecule has 13 heavy (non-hydrogen) atoms. The van der Waals surface area contributed by atoms with Crippen LogP contribution in [0.25, 0.3) is 0 Å². The third-order valence-corrected chi connectivity index (χ3v) is 2.84. The first-order valence-corrected chi connectivity index (χ1v) is 5.17. The molecule has 2 rings (SSSR count). The molecule has 0 atom stereocenters. The molecule has 0 spiro atoms. The maximum Gasteiger partial charge on any atom is 0.115 e. The normalized spacial score (nSPS) is 17.3. The Kier molecular flexibility index (Phi) is 2.57. The van der Waals surface area contributed by atoms with Gasteiger partial charge in [0.15, 0.2) is 0 Å². The highest BCUT2D eigenvalue weighted by atomic mass is 14.8. The van der Waals surface area contributed by atoms with Crippen LogP contribution in [0.15, 0.2) is 6.33 Å². The molecule has 0 N–H and O–H groups in total. The van der Waals surface area contributed by atoms with Crippen LogP contribution in [0.1, 0.15) is 42.6 Å². The van der Waals surface area contributed by atoms with Crippen molar-refractivity contribution in [3.63, 3.8) is 0 Å². The van der Waals surface area contributed by atoms with Gasteiger partial charge in [-0.25, -0.2) is 9.97 Å². The van der Waals surface area contributed by atoms with Gasteiger partial charge in [0.2, 0.25) is 0 Å². The van der Waals surface area contributed by atoms with Crippen LogP contribution < -0.4 is 0 Å². The van der Waals surface area contributed by atoms with Crippen molar-refractivity contribution in [3.8, 4) is 0 Å². The van der Waals surface area contributed by atoms with Crippen molar-refractivity contribution in [1.29, 1.82) is 0 Å². The van der Waals surface area contributed by atoms with E-state index in [0.29, 0.717) is 0 Å². The Hall–Kier alpha value is -0.920. The summed E-state index contributed by atoms with van der Waals surface area (Å²) in [6.45, 7) is 2.10. The number of aromatic nitrogens is 2. The van der Waals surface area contributed by atoms with Crippen LogP contribution in [0.5, 0.6) is 0 Å². The van der Waals surface area contributed by atoms with E-state index >= 15 is 0 Å². The summed E-state index contributed by atoms with van der Waals surface area (Å²) in [5, 5.41) is 0. The van der Waals surface area contributed by atoms with Gasteiger partial charge in [0.05, 0.1) is 0 Å². The van der Waals surface area contributed by atoms with Gasteiger partial charge in [0.1, 0.15) is 6.33 Å². The van der Waals surface area contributed by atoms with Crippen molar-refractivity contribution >= 4 is 0 Å². The number of nitrogens with zero attached hydrogens (tertiary/aromatic N) is 2. The first-order valence-electron chi connectivity index (χ1n) is 5.17. The highest BCUT2D eigenvalue weighted by Gasteiger charge is 2.10. The summed E-state index contributed by atoms with van der Waals surface area (Å²) < 4.78 is 0. The molecule has 2 nitrogen and oxygen atoms in total. The Morgan fingerprint density at radius 3 is 2.62 bits per heavy atom. The summed E-state index contributed by atoms with van der Waals surface area (Å²) in [6.07, 6.45) is 9.37. The van der Waals surface area contributed by atoms with E-state index in [4.69, 9.17) is 0 Å². The lowest BCUT2D eigenvalue weighted by Gasteiger charge is -2.13. The van der Waals surface area contributed by atoms with Crippen LogP contribution in [-0.4, -0.2) is 9.97 Å². The number of aryl methyl sites for hydroxylation is 2. The zero-order valence-corrected chi connectivity index (χ0v) is 8.21. The molecule has 0 saturated heterocycles. The fourth-order valence-electron chi connectivity index (χ4n) is 2.04. The van der Waals surface area contributed by atoms with Crippen LogP contribution >= 0.6 is 0 Å². The lowest BCUT2D eigenvalue weighted by molar-refractivity contribution is 0.603. The van der Waals surface area contributed by atoms with Gasteiger partial charge in [-0.05, 0) is 38.2 Å². The minimum absolute atomic E-state index is 1.15. The largest absolute Gasteiger partial charge is 0.241 e. The molecular weight excluding hydrogens is 160 g/mol. The smallest absolute Gasteiger partial charge is 0.115 e. The summed E-state index contributed by atoms with van der Waals surface area (Å²) in [5.74, 6) is 0. The molecule has 1 aliphatic carbocycles. The lowest BCUT2D eigenvalue weighted by atomic mass is 9.96. The van der Waals surface area contributed by atoms with E-state index < -0.39 is 0 Å². The van der Waals surface area contributed by atoms with Gasteiger partial charge < -0.3 is 0 Å². The molecule has 0 fully saturated rings. The molecule has 0 aromatic carbocycles. The first-order chi connectivity index (χ1) is 6.38. The molecule has 0 unspecified atom stereocenters. The molecule has 1 aromatic rings. The standard InChI is InChI=1S/C11H16N2/c1-9-10-6-4-2-3-5-7-11(10)13-8-12-9/h8H,2-7H2,1H3. The fourth-order valence-corrected chi connectivity index (χ4v) is 2.04. The highest BCUT2D eigenvalue weighted by Crippen LogP contribution is 2.19.